The number of hydrogen-bond acceptors (Lipinski definition) is 4. The lowest BCUT2D eigenvalue weighted by molar-refractivity contribution is 0.1000. The quantitative estimate of drug-likeness (QED) is 0.833. The van der Waals surface area contributed by atoms with E-state index >= 15 is 0 Å². The lowest BCUT2D eigenvalue weighted by Gasteiger charge is -2.24. The Bertz CT molecular complexity index is 402. The van der Waals surface area contributed by atoms with Gasteiger partial charge in [-0.15, -0.1) is 0 Å². The molecule has 1 atom stereocenters. The molecule has 0 saturated carbocycles. The molecule has 1 aromatic carbocycles. The zero-order valence-electron chi connectivity index (χ0n) is 13.3. The third kappa shape index (κ3) is 5.53. The highest BCUT2D eigenvalue weighted by atomic mass is 32.2. The largest absolute Gasteiger partial charge is 0.491 e. The third-order valence-electron chi connectivity index (χ3n) is 3.67. The molecule has 1 N–H and O–H groups in total. The molecular formula is C17H27NO2S. The average Bonchev–Trinajstić information content (AvgIpc) is 2.50. The van der Waals surface area contributed by atoms with Crippen LogP contribution in [-0.4, -0.2) is 37.4 Å². The topological polar surface area (TPSA) is 30.5 Å². The minimum Gasteiger partial charge on any atom is -0.491 e. The molecule has 118 valence electrons. The van der Waals surface area contributed by atoms with Gasteiger partial charge in [-0.25, -0.2) is 0 Å². The van der Waals surface area contributed by atoms with Gasteiger partial charge in [0.15, 0.2) is 0 Å². The average molecular weight is 309 g/mol. The van der Waals surface area contributed by atoms with Gasteiger partial charge in [-0.2, -0.15) is 11.8 Å². The summed E-state index contributed by atoms with van der Waals surface area (Å²) in [5.41, 5.74) is 1.33. The molecule has 1 aromatic rings. The number of thioether (sulfide) groups is 1. The third-order valence-corrected chi connectivity index (χ3v) is 5.14. The first-order valence-electron chi connectivity index (χ1n) is 7.82. The molecule has 0 aliphatic carbocycles. The highest BCUT2D eigenvalue weighted by Crippen LogP contribution is 2.27. The maximum absolute atomic E-state index is 5.70. The van der Waals surface area contributed by atoms with Crippen molar-refractivity contribution in [3.8, 4) is 5.75 Å². The molecule has 0 bridgehead atoms. The van der Waals surface area contributed by atoms with Gasteiger partial charge in [-0.3, -0.25) is 0 Å². The van der Waals surface area contributed by atoms with Gasteiger partial charge in [0.1, 0.15) is 5.75 Å². The molecule has 4 heteroatoms. The predicted octanol–water partition coefficient (Wildman–Crippen LogP) is 3.65. The minimum atomic E-state index is 0.222. The van der Waals surface area contributed by atoms with Crippen molar-refractivity contribution < 1.29 is 9.47 Å². The molecule has 0 amide bonds. The Kier molecular flexibility index (Phi) is 6.87. The summed E-state index contributed by atoms with van der Waals surface area (Å²) < 4.78 is 11.1. The van der Waals surface area contributed by atoms with Gasteiger partial charge < -0.3 is 14.8 Å². The second-order valence-corrected chi connectivity index (χ2v) is 7.06. The fraction of sp³-hybridized carbons (Fsp3) is 0.647. The van der Waals surface area contributed by atoms with Crippen LogP contribution >= 0.6 is 11.8 Å². The Morgan fingerprint density at radius 1 is 1.24 bits per heavy atom. The van der Waals surface area contributed by atoms with Crippen molar-refractivity contribution in [3.63, 3.8) is 0 Å². The molecule has 0 aromatic heterocycles. The molecule has 21 heavy (non-hydrogen) atoms. The number of hydrogen-bond donors (Lipinski definition) is 1. The summed E-state index contributed by atoms with van der Waals surface area (Å²) in [6.45, 7) is 5.94. The summed E-state index contributed by atoms with van der Waals surface area (Å²) in [5, 5.41) is 4.17. The summed E-state index contributed by atoms with van der Waals surface area (Å²) in [6, 6.07) is 8.87. The Balaban J connectivity index is 1.87. The number of benzene rings is 1. The maximum atomic E-state index is 5.70. The van der Waals surface area contributed by atoms with E-state index in [4.69, 9.17) is 9.47 Å². The molecule has 3 nitrogen and oxygen atoms in total. The monoisotopic (exact) mass is 309 g/mol. The van der Waals surface area contributed by atoms with Crippen LogP contribution in [0.25, 0.3) is 0 Å². The van der Waals surface area contributed by atoms with Crippen molar-refractivity contribution in [2.75, 3.05) is 26.0 Å². The van der Waals surface area contributed by atoms with E-state index in [1.165, 1.54) is 18.4 Å². The smallest absolute Gasteiger partial charge is 0.119 e. The summed E-state index contributed by atoms with van der Waals surface area (Å²) in [4.78, 5) is 0. The molecular weight excluding hydrogens is 282 g/mol. The van der Waals surface area contributed by atoms with E-state index < -0.39 is 0 Å². The Morgan fingerprint density at radius 3 is 2.48 bits per heavy atom. The molecule has 1 unspecified atom stereocenters. The second-order valence-electron chi connectivity index (χ2n) is 5.72. The van der Waals surface area contributed by atoms with Crippen LogP contribution in [0, 0.1) is 0 Å². The van der Waals surface area contributed by atoms with Crippen LogP contribution in [0.1, 0.15) is 38.3 Å². The molecule has 1 saturated heterocycles. The Morgan fingerprint density at radius 2 is 1.90 bits per heavy atom. The fourth-order valence-electron chi connectivity index (χ4n) is 2.47. The molecule has 2 rings (SSSR count). The van der Waals surface area contributed by atoms with E-state index in [1.54, 1.807) is 0 Å². The highest BCUT2D eigenvalue weighted by molar-refractivity contribution is 7.99. The molecule has 1 aliphatic rings. The summed E-state index contributed by atoms with van der Waals surface area (Å²) >= 11 is 2.07. The van der Waals surface area contributed by atoms with Crippen LogP contribution in [0.2, 0.25) is 0 Å². The van der Waals surface area contributed by atoms with Gasteiger partial charge in [0.2, 0.25) is 0 Å². The second kappa shape index (κ2) is 8.66. The normalized spacial score (nSPS) is 17.9. The number of nitrogens with one attached hydrogen (secondary N) is 1. The summed E-state index contributed by atoms with van der Waals surface area (Å²) in [6.07, 6.45) is 2.59. The van der Waals surface area contributed by atoms with E-state index in [0.717, 1.165) is 30.0 Å². The van der Waals surface area contributed by atoms with Gasteiger partial charge >= 0.3 is 0 Å². The molecule has 1 fully saturated rings. The highest BCUT2D eigenvalue weighted by Gasteiger charge is 2.17. The van der Waals surface area contributed by atoms with Crippen molar-refractivity contribution in [2.45, 2.75) is 44.1 Å². The minimum absolute atomic E-state index is 0.222. The van der Waals surface area contributed by atoms with Gasteiger partial charge in [0.25, 0.3) is 0 Å². The van der Waals surface area contributed by atoms with Crippen LogP contribution in [-0.2, 0) is 4.74 Å². The van der Waals surface area contributed by atoms with E-state index in [9.17, 15) is 0 Å². The van der Waals surface area contributed by atoms with Crippen molar-refractivity contribution in [2.24, 2.45) is 0 Å². The summed E-state index contributed by atoms with van der Waals surface area (Å²) in [5.74, 6) is 2.05. The van der Waals surface area contributed by atoms with Gasteiger partial charge in [0.05, 0.1) is 6.10 Å². The van der Waals surface area contributed by atoms with Crippen LogP contribution in [0.5, 0.6) is 5.75 Å². The van der Waals surface area contributed by atoms with Crippen LogP contribution in [0.15, 0.2) is 24.3 Å². The van der Waals surface area contributed by atoms with Gasteiger partial charge in [-0.05, 0) is 51.4 Å². The fourth-order valence-corrected chi connectivity index (χ4v) is 3.82. The molecule has 1 heterocycles. The molecule has 1 aliphatic heterocycles. The van der Waals surface area contributed by atoms with Crippen molar-refractivity contribution in [3.05, 3.63) is 29.8 Å². The van der Waals surface area contributed by atoms with Gasteiger partial charge in [0, 0.05) is 30.3 Å². The van der Waals surface area contributed by atoms with E-state index in [-0.39, 0.29) is 6.10 Å². The first-order chi connectivity index (χ1) is 10.2. The van der Waals surface area contributed by atoms with E-state index in [0.29, 0.717) is 6.04 Å². The SMILES string of the molecule is CNC(CSC1CCOCC1)c1ccc(OC(C)C)cc1. The summed E-state index contributed by atoms with van der Waals surface area (Å²) in [7, 11) is 2.04. The van der Waals surface area contributed by atoms with Crippen LogP contribution in [0.3, 0.4) is 0 Å². The predicted molar refractivity (Wildman–Crippen MR) is 90.3 cm³/mol. The molecule has 0 spiro atoms. The van der Waals surface area contributed by atoms with E-state index in [2.05, 4.69) is 55.2 Å². The number of ether oxygens (including phenoxy) is 2. The Labute approximate surface area is 132 Å². The Hall–Kier alpha value is -0.710. The first-order valence-corrected chi connectivity index (χ1v) is 8.87. The number of rotatable bonds is 7. The first kappa shape index (κ1) is 16.7. The lowest BCUT2D eigenvalue weighted by Crippen LogP contribution is -2.23. The van der Waals surface area contributed by atoms with Crippen molar-refractivity contribution >= 4 is 11.8 Å². The molecule has 0 radical (unpaired) electrons. The lowest BCUT2D eigenvalue weighted by atomic mass is 10.1. The van der Waals surface area contributed by atoms with Crippen molar-refractivity contribution in [1.29, 1.82) is 0 Å². The maximum Gasteiger partial charge on any atom is 0.119 e. The zero-order chi connectivity index (χ0) is 15.1. The van der Waals surface area contributed by atoms with Crippen LogP contribution < -0.4 is 10.1 Å². The zero-order valence-corrected chi connectivity index (χ0v) is 14.1. The standard InChI is InChI=1S/C17H27NO2S/c1-13(2)20-15-6-4-14(5-7-15)17(18-3)12-21-16-8-10-19-11-9-16/h4-7,13,16-18H,8-12H2,1-3H3. The van der Waals surface area contributed by atoms with Gasteiger partial charge in [-0.1, -0.05) is 12.1 Å². The van der Waals surface area contributed by atoms with Crippen molar-refractivity contribution in [1.82, 2.24) is 5.32 Å². The van der Waals surface area contributed by atoms with Crippen LogP contribution in [0.4, 0.5) is 0 Å². The van der Waals surface area contributed by atoms with E-state index in [1.807, 2.05) is 7.05 Å².